The highest BCUT2D eigenvalue weighted by molar-refractivity contribution is 7.99. The van der Waals surface area contributed by atoms with E-state index in [0.717, 1.165) is 11.0 Å². The molecule has 3 rings (SSSR count). The predicted molar refractivity (Wildman–Crippen MR) is 98.7 cm³/mol. The molecule has 1 amide bonds. The van der Waals surface area contributed by atoms with Crippen LogP contribution in [0.1, 0.15) is 6.42 Å². The Morgan fingerprint density at radius 1 is 1.12 bits per heavy atom. The molecule has 0 aliphatic carbocycles. The zero-order valence-electron chi connectivity index (χ0n) is 14.0. The van der Waals surface area contributed by atoms with Crippen LogP contribution in [0.2, 0.25) is 0 Å². The molecule has 0 saturated heterocycles. The molecule has 0 fully saturated rings. The number of nitrogens with zero attached hydrogens (tertiary/aromatic N) is 2. The van der Waals surface area contributed by atoms with Gasteiger partial charge < -0.3 is 5.32 Å². The number of amides is 1. The van der Waals surface area contributed by atoms with Gasteiger partial charge in [-0.15, -0.1) is 0 Å². The highest BCUT2D eigenvalue weighted by atomic mass is 32.2. The molecule has 2 aromatic carbocycles. The first kappa shape index (κ1) is 18.2. The number of para-hydroxylation sites is 3. The third kappa shape index (κ3) is 3.80. The molecule has 0 spiro atoms. The Balaban J connectivity index is 1.73. The van der Waals surface area contributed by atoms with Gasteiger partial charge >= 0.3 is 5.69 Å². The first-order chi connectivity index (χ1) is 12.5. The minimum Gasteiger partial charge on any atom is -0.325 e. The lowest BCUT2D eigenvalue weighted by molar-refractivity contribution is -0.116. The van der Waals surface area contributed by atoms with Crippen LogP contribution in [-0.2, 0) is 18.4 Å². The topological polar surface area (TPSA) is 56.0 Å². The van der Waals surface area contributed by atoms with Crippen molar-refractivity contribution in [3.05, 3.63) is 59.0 Å². The van der Waals surface area contributed by atoms with Gasteiger partial charge in [-0.25, -0.2) is 4.79 Å². The van der Waals surface area contributed by atoms with Crippen molar-refractivity contribution in [1.82, 2.24) is 9.13 Å². The maximum absolute atomic E-state index is 12.6. The number of fused-ring (bicyclic) bond motifs is 1. The lowest BCUT2D eigenvalue weighted by Crippen LogP contribution is -2.24. The number of alkyl halides is 2. The number of aromatic nitrogens is 2. The second-order valence-corrected chi connectivity index (χ2v) is 6.69. The molecule has 1 aromatic heterocycles. The number of hydrogen-bond acceptors (Lipinski definition) is 3. The molecule has 0 bridgehead atoms. The number of imidazole rings is 1. The summed E-state index contributed by atoms with van der Waals surface area (Å²) in [6, 6.07) is 13.7. The lowest BCUT2D eigenvalue weighted by Gasteiger charge is -2.10. The Morgan fingerprint density at radius 3 is 2.50 bits per heavy atom. The molecule has 1 heterocycles. The number of rotatable bonds is 6. The van der Waals surface area contributed by atoms with E-state index in [4.69, 9.17) is 0 Å². The monoisotopic (exact) mass is 377 g/mol. The third-order valence-electron chi connectivity index (χ3n) is 3.99. The summed E-state index contributed by atoms with van der Waals surface area (Å²) in [7, 11) is 1.68. The molecule has 0 aliphatic heterocycles. The fraction of sp³-hybridized carbons (Fsp3) is 0.222. The number of hydrogen-bond donors (Lipinski definition) is 1. The standard InChI is InChI=1S/C18H17F2N3O2S/c1-22-13-7-3-4-8-14(13)23(18(22)25)11-10-16(24)21-12-6-2-5-9-15(12)26-17(19)20/h2-9,17H,10-11H2,1H3,(H,21,24). The minimum absolute atomic E-state index is 0.0571. The van der Waals surface area contributed by atoms with Gasteiger partial charge in [0.05, 0.1) is 16.7 Å². The number of thioether (sulfide) groups is 1. The normalized spacial score (nSPS) is 11.2. The SMILES string of the molecule is Cn1c(=O)n(CCC(=O)Nc2ccccc2SC(F)F)c2ccccc21. The van der Waals surface area contributed by atoms with Crippen LogP contribution in [0.4, 0.5) is 14.5 Å². The van der Waals surface area contributed by atoms with Crippen LogP contribution in [0.5, 0.6) is 0 Å². The number of benzene rings is 2. The number of aryl methyl sites for hydroxylation is 2. The average molecular weight is 377 g/mol. The summed E-state index contributed by atoms with van der Waals surface area (Å²) in [5, 5.41) is 2.65. The van der Waals surface area contributed by atoms with E-state index in [1.54, 1.807) is 25.2 Å². The summed E-state index contributed by atoms with van der Waals surface area (Å²) in [6.07, 6.45) is 0.0571. The summed E-state index contributed by atoms with van der Waals surface area (Å²) in [6.45, 7) is 0.205. The van der Waals surface area contributed by atoms with E-state index in [1.165, 1.54) is 15.2 Å². The van der Waals surface area contributed by atoms with Gasteiger partial charge in [0, 0.05) is 24.9 Å². The second-order valence-electron chi connectivity index (χ2n) is 5.65. The molecule has 0 unspecified atom stereocenters. The maximum atomic E-state index is 12.6. The molecular weight excluding hydrogens is 360 g/mol. The van der Waals surface area contributed by atoms with Crippen molar-refractivity contribution in [3.8, 4) is 0 Å². The van der Waals surface area contributed by atoms with Crippen molar-refractivity contribution in [3.63, 3.8) is 0 Å². The molecule has 1 N–H and O–H groups in total. The van der Waals surface area contributed by atoms with Crippen molar-refractivity contribution < 1.29 is 13.6 Å². The number of anilines is 1. The Morgan fingerprint density at radius 2 is 1.77 bits per heavy atom. The number of carbonyl (C=O) groups is 1. The first-order valence-corrected chi connectivity index (χ1v) is 8.83. The molecule has 8 heteroatoms. The lowest BCUT2D eigenvalue weighted by atomic mass is 10.3. The first-order valence-electron chi connectivity index (χ1n) is 7.95. The van der Waals surface area contributed by atoms with Gasteiger partial charge in [0.1, 0.15) is 0 Å². The minimum atomic E-state index is -2.57. The van der Waals surface area contributed by atoms with Crippen LogP contribution in [0.15, 0.2) is 58.2 Å². The second kappa shape index (κ2) is 7.74. The van der Waals surface area contributed by atoms with Crippen LogP contribution in [0.25, 0.3) is 11.0 Å². The predicted octanol–water partition coefficient (Wildman–Crippen LogP) is 3.68. The average Bonchev–Trinajstić information content (AvgIpc) is 2.86. The van der Waals surface area contributed by atoms with E-state index in [0.29, 0.717) is 22.3 Å². The quantitative estimate of drug-likeness (QED) is 0.667. The summed E-state index contributed by atoms with van der Waals surface area (Å²) in [5.74, 6) is -2.91. The largest absolute Gasteiger partial charge is 0.328 e. The molecule has 3 aromatic rings. The van der Waals surface area contributed by atoms with E-state index >= 15 is 0 Å². The van der Waals surface area contributed by atoms with Gasteiger partial charge in [0.2, 0.25) is 5.91 Å². The smallest absolute Gasteiger partial charge is 0.325 e. The van der Waals surface area contributed by atoms with E-state index < -0.39 is 5.76 Å². The molecule has 26 heavy (non-hydrogen) atoms. The molecule has 0 aliphatic rings. The Kier molecular flexibility index (Phi) is 5.41. The van der Waals surface area contributed by atoms with Gasteiger partial charge in [-0.05, 0) is 24.3 Å². The number of nitrogens with one attached hydrogen (secondary N) is 1. The van der Waals surface area contributed by atoms with E-state index in [1.807, 2.05) is 24.3 Å². The van der Waals surface area contributed by atoms with Crippen LogP contribution in [-0.4, -0.2) is 20.8 Å². The Labute approximate surface area is 152 Å². The van der Waals surface area contributed by atoms with Crippen molar-refractivity contribution >= 4 is 34.4 Å². The van der Waals surface area contributed by atoms with Gasteiger partial charge in [-0.2, -0.15) is 8.78 Å². The third-order valence-corrected chi connectivity index (χ3v) is 4.78. The van der Waals surface area contributed by atoms with Crippen LogP contribution in [0.3, 0.4) is 0 Å². The van der Waals surface area contributed by atoms with Gasteiger partial charge in [-0.3, -0.25) is 13.9 Å². The molecule has 0 atom stereocenters. The van der Waals surface area contributed by atoms with Gasteiger partial charge in [0.15, 0.2) is 0 Å². The zero-order chi connectivity index (χ0) is 18.7. The molecule has 5 nitrogen and oxygen atoms in total. The van der Waals surface area contributed by atoms with Crippen molar-refractivity contribution in [1.29, 1.82) is 0 Å². The number of halogens is 2. The number of carbonyl (C=O) groups excluding carboxylic acids is 1. The summed E-state index contributed by atoms with van der Waals surface area (Å²) in [5.41, 5.74) is 1.68. The molecule has 136 valence electrons. The van der Waals surface area contributed by atoms with Crippen molar-refractivity contribution in [2.75, 3.05) is 5.32 Å². The Bertz CT molecular complexity index is 998. The highest BCUT2D eigenvalue weighted by Crippen LogP contribution is 2.31. The van der Waals surface area contributed by atoms with Gasteiger partial charge in [-0.1, -0.05) is 36.0 Å². The maximum Gasteiger partial charge on any atom is 0.328 e. The fourth-order valence-corrected chi connectivity index (χ4v) is 3.37. The van der Waals surface area contributed by atoms with Crippen LogP contribution < -0.4 is 11.0 Å². The van der Waals surface area contributed by atoms with Crippen LogP contribution >= 0.6 is 11.8 Å². The molecule has 0 saturated carbocycles. The molecule has 0 radical (unpaired) electrons. The van der Waals surface area contributed by atoms with Crippen molar-refractivity contribution in [2.45, 2.75) is 23.6 Å². The Hall–Kier alpha value is -2.61. The van der Waals surface area contributed by atoms with E-state index in [9.17, 15) is 18.4 Å². The highest BCUT2D eigenvalue weighted by Gasteiger charge is 2.14. The summed E-state index contributed by atoms with van der Waals surface area (Å²) >= 11 is 0.383. The molecular formula is C18H17F2N3O2S. The van der Waals surface area contributed by atoms with Crippen LogP contribution in [0, 0.1) is 0 Å². The summed E-state index contributed by atoms with van der Waals surface area (Å²) in [4.78, 5) is 24.9. The van der Waals surface area contributed by atoms with E-state index in [2.05, 4.69) is 5.32 Å². The summed E-state index contributed by atoms with van der Waals surface area (Å²) < 4.78 is 28.3. The van der Waals surface area contributed by atoms with Gasteiger partial charge in [0.25, 0.3) is 5.76 Å². The van der Waals surface area contributed by atoms with E-state index in [-0.39, 0.29) is 24.6 Å². The zero-order valence-corrected chi connectivity index (χ0v) is 14.8. The fourth-order valence-electron chi connectivity index (χ4n) is 2.77. The van der Waals surface area contributed by atoms with Crippen molar-refractivity contribution in [2.24, 2.45) is 7.05 Å².